The van der Waals surface area contributed by atoms with Gasteiger partial charge in [0.05, 0.1) is 0 Å². The van der Waals surface area contributed by atoms with Crippen LogP contribution in [0.3, 0.4) is 0 Å². The van der Waals surface area contributed by atoms with Gasteiger partial charge in [-0.25, -0.2) is 13.2 Å². The summed E-state index contributed by atoms with van der Waals surface area (Å²) >= 11 is 0. The summed E-state index contributed by atoms with van der Waals surface area (Å²) in [5, 5.41) is 0. The van der Waals surface area contributed by atoms with E-state index in [-0.39, 0.29) is 23.3 Å². The molecular weight excluding hydrogens is 205 g/mol. The Labute approximate surface area is 84.2 Å². The van der Waals surface area contributed by atoms with E-state index in [0.717, 1.165) is 6.07 Å². The summed E-state index contributed by atoms with van der Waals surface area (Å²) in [5.74, 6) is -3.60. The monoisotopic (exact) mass is 212 g/mol. The Hall–Kier alpha value is -1.58. The first kappa shape index (κ1) is 9.96. The molecule has 78 valence electrons. The molecule has 1 aromatic carbocycles. The minimum absolute atomic E-state index is 0.0749. The van der Waals surface area contributed by atoms with Gasteiger partial charge in [-0.15, -0.1) is 0 Å². The van der Waals surface area contributed by atoms with Gasteiger partial charge >= 0.3 is 0 Å². The maximum absolute atomic E-state index is 13.3. The van der Waals surface area contributed by atoms with Gasteiger partial charge in [-0.05, 0) is 12.5 Å². The summed E-state index contributed by atoms with van der Waals surface area (Å²) in [6.07, 6.45) is 2.26. The third-order valence-corrected chi connectivity index (χ3v) is 2.30. The molecule has 2 rings (SSSR count). The van der Waals surface area contributed by atoms with Crippen molar-refractivity contribution in [2.24, 2.45) is 0 Å². The van der Waals surface area contributed by atoms with E-state index in [9.17, 15) is 18.0 Å². The van der Waals surface area contributed by atoms with E-state index < -0.39 is 17.5 Å². The molecule has 0 heterocycles. The van der Waals surface area contributed by atoms with Gasteiger partial charge in [0.25, 0.3) is 0 Å². The molecule has 1 aromatic rings. The van der Waals surface area contributed by atoms with E-state index in [0.29, 0.717) is 12.5 Å². The lowest BCUT2D eigenvalue weighted by atomic mass is 10.0. The van der Waals surface area contributed by atoms with Crippen LogP contribution in [0.2, 0.25) is 0 Å². The van der Waals surface area contributed by atoms with Crippen molar-refractivity contribution in [2.75, 3.05) is 0 Å². The molecule has 15 heavy (non-hydrogen) atoms. The van der Waals surface area contributed by atoms with Gasteiger partial charge in [-0.1, -0.05) is 6.08 Å². The second-order valence-electron chi connectivity index (χ2n) is 3.33. The maximum atomic E-state index is 13.3. The van der Waals surface area contributed by atoms with Gasteiger partial charge in [0.2, 0.25) is 0 Å². The molecule has 0 fully saturated rings. The highest BCUT2D eigenvalue weighted by Gasteiger charge is 2.22. The first-order valence-electron chi connectivity index (χ1n) is 4.48. The van der Waals surface area contributed by atoms with Crippen molar-refractivity contribution in [1.29, 1.82) is 0 Å². The third-order valence-electron chi connectivity index (χ3n) is 2.30. The fourth-order valence-electron chi connectivity index (χ4n) is 1.61. The van der Waals surface area contributed by atoms with Crippen molar-refractivity contribution < 1.29 is 18.0 Å². The Kier molecular flexibility index (Phi) is 2.34. The zero-order chi connectivity index (χ0) is 11.0. The number of allylic oxidation sites excluding steroid dienone is 2. The fourth-order valence-corrected chi connectivity index (χ4v) is 1.61. The minimum atomic E-state index is -1.27. The van der Waals surface area contributed by atoms with Crippen molar-refractivity contribution in [3.63, 3.8) is 0 Å². The highest BCUT2D eigenvalue weighted by Crippen LogP contribution is 2.28. The minimum Gasteiger partial charge on any atom is -0.294 e. The van der Waals surface area contributed by atoms with E-state index in [1.807, 2.05) is 0 Å². The zero-order valence-corrected chi connectivity index (χ0v) is 7.69. The molecule has 0 aromatic heterocycles. The third kappa shape index (κ3) is 1.67. The van der Waals surface area contributed by atoms with E-state index in [1.54, 1.807) is 0 Å². The molecule has 0 atom stereocenters. The molecule has 0 spiro atoms. The summed E-state index contributed by atoms with van der Waals surface area (Å²) in [4.78, 5) is 11.3. The zero-order valence-electron chi connectivity index (χ0n) is 7.69. The highest BCUT2D eigenvalue weighted by atomic mass is 19.2. The van der Waals surface area contributed by atoms with Gasteiger partial charge < -0.3 is 0 Å². The SMILES string of the molecule is O=C1CCC=C1c1cc(F)cc(F)c1F. The Balaban J connectivity index is 2.57. The van der Waals surface area contributed by atoms with Crippen LogP contribution in [0.4, 0.5) is 13.2 Å². The number of carbonyl (C=O) groups is 1. The van der Waals surface area contributed by atoms with Gasteiger partial charge in [0.15, 0.2) is 17.4 Å². The predicted molar refractivity (Wildman–Crippen MR) is 48.5 cm³/mol. The van der Waals surface area contributed by atoms with Crippen LogP contribution in [0.5, 0.6) is 0 Å². The lowest BCUT2D eigenvalue weighted by Gasteiger charge is -2.04. The molecule has 0 unspecified atom stereocenters. The number of hydrogen-bond acceptors (Lipinski definition) is 1. The van der Waals surface area contributed by atoms with E-state index in [4.69, 9.17) is 0 Å². The van der Waals surface area contributed by atoms with Crippen LogP contribution in [0.15, 0.2) is 18.2 Å². The summed E-state index contributed by atoms with van der Waals surface area (Å²) in [6, 6.07) is 1.30. The maximum Gasteiger partial charge on any atom is 0.166 e. The number of ketones is 1. The van der Waals surface area contributed by atoms with E-state index >= 15 is 0 Å². The molecule has 4 heteroatoms. The summed E-state index contributed by atoms with van der Waals surface area (Å²) in [7, 11) is 0. The number of hydrogen-bond donors (Lipinski definition) is 0. The van der Waals surface area contributed by atoms with Crippen LogP contribution in [0, 0.1) is 17.5 Å². The smallest absolute Gasteiger partial charge is 0.166 e. The summed E-state index contributed by atoms with van der Waals surface area (Å²) in [6.45, 7) is 0. The Morgan fingerprint density at radius 3 is 2.47 bits per heavy atom. The average Bonchev–Trinajstić information content (AvgIpc) is 2.58. The lowest BCUT2D eigenvalue weighted by Crippen LogP contribution is -2.01. The molecule has 0 amide bonds. The Morgan fingerprint density at radius 2 is 1.87 bits per heavy atom. The van der Waals surface area contributed by atoms with Crippen LogP contribution >= 0.6 is 0 Å². The molecular formula is C11H7F3O. The van der Waals surface area contributed by atoms with Crippen LogP contribution in [0.1, 0.15) is 18.4 Å². The first-order valence-corrected chi connectivity index (χ1v) is 4.48. The number of halogens is 3. The van der Waals surface area contributed by atoms with Crippen molar-refractivity contribution in [3.8, 4) is 0 Å². The topological polar surface area (TPSA) is 17.1 Å². The highest BCUT2D eigenvalue weighted by molar-refractivity contribution is 6.22. The number of rotatable bonds is 1. The van der Waals surface area contributed by atoms with Gasteiger partial charge in [-0.3, -0.25) is 4.79 Å². The average molecular weight is 212 g/mol. The van der Waals surface area contributed by atoms with Crippen molar-refractivity contribution in [1.82, 2.24) is 0 Å². The molecule has 0 aliphatic heterocycles. The molecule has 0 bridgehead atoms. The van der Waals surface area contributed by atoms with E-state index in [1.165, 1.54) is 6.08 Å². The second-order valence-corrected chi connectivity index (χ2v) is 3.33. The van der Waals surface area contributed by atoms with Crippen molar-refractivity contribution >= 4 is 11.4 Å². The molecule has 0 saturated heterocycles. The number of benzene rings is 1. The molecule has 1 aliphatic rings. The number of carbonyl (C=O) groups excluding carboxylic acids is 1. The second kappa shape index (κ2) is 3.53. The molecule has 1 nitrogen and oxygen atoms in total. The van der Waals surface area contributed by atoms with Crippen molar-refractivity contribution in [3.05, 3.63) is 41.2 Å². The van der Waals surface area contributed by atoms with Crippen LogP contribution in [0.25, 0.3) is 5.57 Å². The molecule has 1 aliphatic carbocycles. The molecule has 0 N–H and O–H groups in total. The number of Topliss-reactive ketones (excluding diaryl/α,β-unsaturated/α-hetero) is 1. The summed E-state index contributed by atoms with van der Waals surface area (Å²) in [5.41, 5.74) is -0.207. The first-order chi connectivity index (χ1) is 7.09. The fraction of sp³-hybridized carbons (Fsp3) is 0.182. The van der Waals surface area contributed by atoms with Crippen LogP contribution < -0.4 is 0 Å². The van der Waals surface area contributed by atoms with Gasteiger partial charge in [0.1, 0.15) is 5.82 Å². The Morgan fingerprint density at radius 1 is 1.13 bits per heavy atom. The largest absolute Gasteiger partial charge is 0.294 e. The quantitative estimate of drug-likeness (QED) is 0.654. The lowest BCUT2D eigenvalue weighted by molar-refractivity contribution is -0.113. The van der Waals surface area contributed by atoms with Crippen LogP contribution in [-0.2, 0) is 4.79 Å². The molecule has 0 radical (unpaired) electrons. The van der Waals surface area contributed by atoms with Crippen LogP contribution in [-0.4, -0.2) is 5.78 Å². The van der Waals surface area contributed by atoms with Crippen molar-refractivity contribution in [2.45, 2.75) is 12.8 Å². The normalized spacial score (nSPS) is 15.7. The predicted octanol–water partition coefficient (Wildman–Crippen LogP) is 2.85. The Bertz CT molecular complexity index is 463. The van der Waals surface area contributed by atoms with Gasteiger partial charge in [-0.2, -0.15) is 0 Å². The standard InChI is InChI=1S/C11H7F3O/c12-6-4-8(11(14)9(13)5-6)7-2-1-3-10(7)15/h2,4-5H,1,3H2. The van der Waals surface area contributed by atoms with E-state index in [2.05, 4.69) is 0 Å². The summed E-state index contributed by atoms with van der Waals surface area (Å²) < 4.78 is 39.0. The molecule has 0 saturated carbocycles. The van der Waals surface area contributed by atoms with Gasteiger partial charge in [0, 0.05) is 23.6 Å².